The van der Waals surface area contributed by atoms with Crippen LogP contribution in [-0.4, -0.2) is 24.5 Å². The SMILES string of the molecule is CC(c1ccc(CCN)cc1)N1CCCC1.Cl.Cl. The highest BCUT2D eigenvalue weighted by Gasteiger charge is 2.18. The van der Waals surface area contributed by atoms with Gasteiger partial charge in [-0.25, -0.2) is 0 Å². The van der Waals surface area contributed by atoms with Gasteiger partial charge >= 0.3 is 0 Å². The molecule has 1 aromatic rings. The van der Waals surface area contributed by atoms with E-state index in [0.29, 0.717) is 6.04 Å². The van der Waals surface area contributed by atoms with Crippen molar-refractivity contribution in [3.63, 3.8) is 0 Å². The largest absolute Gasteiger partial charge is 0.330 e. The fraction of sp³-hybridized carbons (Fsp3) is 0.571. The van der Waals surface area contributed by atoms with Gasteiger partial charge in [0, 0.05) is 6.04 Å². The molecule has 1 atom stereocenters. The first kappa shape index (κ1) is 17.7. The summed E-state index contributed by atoms with van der Waals surface area (Å²) in [6, 6.07) is 9.51. The fourth-order valence-corrected chi connectivity index (χ4v) is 2.47. The number of benzene rings is 1. The average Bonchev–Trinajstić information content (AvgIpc) is 2.83. The maximum Gasteiger partial charge on any atom is 0.0319 e. The standard InChI is InChI=1S/C14H22N2.2ClH/c1-12(16-10-2-3-11-16)14-6-4-13(5-7-14)8-9-15;;/h4-7,12H,2-3,8-11,15H2,1H3;2*1H. The maximum absolute atomic E-state index is 5.55. The van der Waals surface area contributed by atoms with E-state index in [-0.39, 0.29) is 24.8 Å². The predicted molar refractivity (Wildman–Crippen MR) is 82.9 cm³/mol. The lowest BCUT2D eigenvalue weighted by Gasteiger charge is -2.24. The predicted octanol–water partition coefficient (Wildman–Crippen LogP) is 3.19. The van der Waals surface area contributed by atoms with Crippen molar-refractivity contribution in [1.29, 1.82) is 0 Å². The average molecular weight is 291 g/mol. The van der Waals surface area contributed by atoms with Crippen LogP contribution in [-0.2, 0) is 6.42 Å². The molecular formula is C14H24Cl2N2. The third kappa shape index (κ3) is 4.43. The molecule has 1 aliphatic heterocycles. The normalized spacial score (nSPS) is 16.8. The Labute approximate surface area is 123 Å². The topological polar surface area (TPSA) is 29.3 Å². The molecule has 18 heavy (non-hydrogen) atoms. The molecule has 0 radical (unpaired) electrons. The van der Waals surface area contributed by atoms with Crippen LogP contribution in [0.2, 0.25) is 0 Å². The van der Waals surface area contributed by atoms with Crippen LogP contribution in [0, 0.1) is 0 Å². The highest BCUT2D eigenvalue weighted by atomic mass is 35.5. The van der Waals surface area contributed by atoms with Crippen LogP contribution >= 0.6 is 24.8 Å². The molecule has 1 unspecified atom stereocenters. The molecule has 2 N–H and O–H groups in total. The molecule has 2 rings (SSSR count). The van der Waals surface area contributed by atoms with Crippen molar-refractivity contribution >= 4 is 24.8 Å². The van der Waals surface area contributed by atoms with Crippen molar-refractivity contribution < 1.29 is 0 Å². The van der Waals surface area contributed by atoms with Gasteiger partial charge in [0.2, 0.25) is 0 Å². The molecule has 1 heterocycles. The van der Waals surface area contributed by atoms with E-state index >= 15 is 0 Å². The molecule has 0 amide bonds. The fourth-order valence-electron chi connectivity index (χ4n) is 2.47. The Hall–Kier alpha value is -0.280. The number of rotatable bonds is 4. The Bertz CT molecular complexity index is 321. The summed E-state index contributed by atoms with van der Waals surface area (Å²) in [6.07, 6.45) is 3.70. The minimum Gasteiger partial charge on any atom is -0.330 e. The van der Waals surface area contributed by atoms with Crippen LogP contribution in [0.5, 0.6) is 0 Å². The molecule has 2 nitrogen and oxygen atoms in total. The van der Waals surface area contributed by atoms with Gasteiger partial charge in [-0.15, -0.1) is 24.8 Å². The van der Waals surface area contributed by atoms with Crippen molar-refractivity contribution in [2.24, 2.45) is 5.73 Å². The maximum atomic E-state index is 5.55. The number of likely N-dealkylation sites (tertiary alicyclic amines) is 1. The molecule has 0 aromatic heterocycles. The van der Waals surface area contributed by atoms with Crippen LogP contribution in [0.15, 0.2) is 24.3 Å². The lowest BCUT2D eigenvalue weighted by atomic mass is 10.0. The molecule has 1 fully saturated rings. The van der Waals surface area contributed by atoms with E-state index in [1.54, 1.807) is 0 Å². The summed E-state index contributed by atoms with van der Waals surface area (Å²) < 4.78 is 0. The van der Waals surface area contributed by atoms with Gasteiger partial charge in [0.1, 0.15) is 0 Å². The van der Waals surface area contributed by atoms with Gasteiger partial charge in [-0.3, -0.25) is 4.90 Å². The van der Waals surface area contributed by atoms with E-state index in [0.717, 1.165) is 13.0 Å². The first-order chi connectivity index (χ1) is 7.81. The lowest BCUT2D eigenvalue weighted by Crippen LogP contribution is -2.23. The summed E-state index contributed by atoms with van der Waals surface area (Å²) in [7, 11) is 0. The van der Waals surface area contributed by atoms with Crippen LogP contribution in [0.3, 0.4) is 0 Å². The van der Waals surface area contributed by atoms with Gasteiger partial charge in [0.05, 0.1) is 0 Å². The summed E-state index contributed by atoms with van der Waals surface area (Å²) in [4.78, 5) is 2.57. The molecule has 0 spiro atoms. The minimum atomic E-state index is 0. The smallest absolute Gasteiger partial charge is 0.0319 e. The number of halogens is 2. The summed E-state index contributed by atoms with van der Waals surface area (Å²) >= 11 is 0. The molecular weight excluding hydrogens is 267 g/mol. The lowest BCUT2D eigenvalue weighted by molar-refractivity contribution is 0.263. The zero-order chi connectivity index (χ0) is 11.4. The van der Waals surface area contributed by atoms with Crippen molar-refractivity contribution in [3.05, 3.63) is 35.4 Å². The van der Waals surface area contributed by atoms with Crippen LogP contribution in [0.4, 0.5) is 0 Å². The van der Waals surface area contributed by atoms with Crippen LogP contribution < -0.4 is 5.73 Å². The second-order valence-corrected chi connectivity index (χ2v) is 4.70. The van der Waals surface area contributed by atoms with Gasteiger partial charge in [-0.1, -0.05) is 24.3 Å². The Morgan fingerprint density at radius 3 is 2.17 bits per heavy atom. The molecule has 1 aliphatic rings. The first-order valence-corrected chi connectivity index (χ1v) is 6.34. The van der Waals surface area contributed by atoms with Gasteiger partial charge in [0.25, 0.3) is 0 Å². The third-order valence-corrected chi connectivity index (χ3v) is 3.58. The molecule has 0 bridgehead atoms. The Kier molecular flexibility index (Phi) is 8.62. The first-order valence-electron chi connectivity index (χ1n) is 6.34. The van der Waals surface area contributed by atoms with Crippen molar-refractivity contribution in [3.8, 4) is 0 Å². The number of hydrogen-bond donors (Lipinski definition) is 1. The van der Waals surface area contributed by atoms with Gasteiger partial charge < -0.3 is 5.73 Å². The number of hydrogen-bond acceptors (Lipinski definition) is 2. The quantitative estimate of drug-likeness (QED) is 0.923. The Morgan fingerprint density at radius 1 is 1.11 bits per heavy atom. The summed E-state index contributed by atoms with van der Waals surface area (Å²) in [6.45, 7) is 5.56. The molecule has 4 heteroatoms. The van der Waals surface area contributed by atoms with Crippen LogP contribution in [0.25, 0.3) is 0 Å². The summed E-state index contributed by atoms with van der Waals surface area (Å²) in [5.74, 6) is 0. The third-order valence-electron chi connectivity index (χ3n) is 3.58. The van der Waals surface area contributed by atoms with Gasteiger partial charge in [-0.2, -0.15) is 0 Å². The monoisotopic (exact) mass is 290 g/mol. The molecule has 104 valence electrons. The molecule has 1 aromatic carbocycles. The van der Waals surface area contributed by atoms with Gasteiger partial charge in [-0.05, 0) is 56.9 Å². The molecule has 0 aliphatic carbocycles. The Balaban J connectivity index is 0.00000144. The second-order valence-electron chi connectivity index (χ2n) is 4.70. The van der Waals surface area contributed by atoms with E-state index < -0.39 is 0 Å². The van der Waals surface area contributed by atoms with E-state index in [1.807, 2.05) is 0 Å². The minimum absolute atomic E-state index is 0. The van der Waals surface area contributed by atoms with Crippen LogP contribution in [0.1, 0.15) is 36.9 Å². The zero-order valence-electron chi connectivity index (χ0n) is 11.0. The highest BCUT2D eigenvalue weighted by Crippen LogP contribution is 2.24. The van der Waals surface area contributed by atoms with Gasteiger partial charge in [0.15, 0.2) is 0 Å². The highest BCUT2D eigenvalue weighted by molar-refractivity contribution is 5.85. The number of nitrogens with two attached hydrogens (primary N) is 1. The van der Waals surface area contributed by atoms with Crippen molar-refractivity contribution in [2.75, 3.05) is 19.6 Å². The van der Waals surface area contributed by atoms with E-state index in [1.165, 1.54) is 37.1 Å². The van der Waals surface area contributed by atoms with E-state index in [4.69, 9.17) is 5.73 Å². The number of nitrogens with zero attached hydrogens (tertiary/aromatic N) is 1. The van der Waals surface area contributed by atoms with E-state index in [2.05, 4.69) is 36.1 Å². The summed E-state index contributed by atoms with van der Waals surface area (Å²) in [5.41, 5.74) is 8.33. The zero-order valence-corrected chi connectivity index (χ0v) is 12.6. The molecule has 1 saturated heterocycles. The Morgan fingerprint density at radius 2 is 1.67 bits per heavy atom. The van der Waals surface area contributed by atoms with Crippen molar-refractivity contribution in [2.45, 2.75) is 32.2 Å². The van der Waals surface area contributed by atoms with E-state index in [9.17, 15) is 0 Å². The summed E-state index contributed by atoms with van der Waals surface area (Å²) in [5, 5.41) is 0. The molecule has 0 saturated carbocycles. The second kappa shape index (κ2) is 8.76. The van der Waals surface area contributed by atoms with Crippen molar-refractivity contribution in [1.82, 2.24) is 4.90 Å².